The molecular weight excluding hydrogens is 633 g/mol. The molecule has 0 fully saturated rings. The third-order valence-corrected chi connectivity index (χ3v) is 9.89. The van der Waals surface area contributed by atoms with Crippen LogP contribution in [0.4, 0.5) is 22.7 Å². The van der Waals surface area contributed by atoms with Crippen LogP contribution in [0.1, 0.15) is 78.9 Å². The molecule has 2 aromatic rings. The number of nitrogens with zero attached hydrogens (tertiary/aromatic N) is 7. The van der Waals surface area contributed by atoms with Gasteiger partial charge in [0.25, 0.3) is 14.2 Å². The van der Waals surface area contributed by atoms with E-state index >= 15 is 0 Å². The maximum Gasteiger partial charge on any atom is 0.270 e. The molecule has 0 amide bonds. The number of benzene rings is 2. The van der Waals surface area contributed by atoms with E-state index in [-0.39, 0.29) is 34.6 Å². The average Bonchev–Trinajstić information content (AvgIpc) is 3.03. The summed E-state index contributed by atoms with van der Waals surface area (Å²) in [5.41, 5.74) is 2.80. The van der Waals surface area contributed by atoms with Gasteiger partial charge in [-0.2, -0.15) is 10.5 Å². The van der Waals surface area contributed by atoms with Crippen LogP contribution in [0.3, 0.4) is 0 Å². The Morgan fingerprint density at radius 2 is 1.73 bits per heavy atom. The molecule has 14 heteroatoms. The Bertz CT molecular complexity index is 1590. The van der Waals surface area contributed by atoms with Crippen molar-refractivity contribution >= 4 is 36.8 Å². The molecule has 0 N–H and O–H groups in total. The van der Waals surface area contributed by atoms with Crippen molar-refractivity contribution in [2.75, 3.05) is 38.9 Å². The number of nitro groups is 1. The summed E-state index contributed by atoms with van der Waals surface area (Å²) in [7, 11) is 1.80. The Labute approximate surface area is 284 Å². The number of hydrogen-bond donors (Lipinski definition) is 0. The Kier molecular flexibility index (Phi) is 13.8. The normalized spacial score (nSPS) is 14.5. The average molecular weight is 680 g/mol. The molecule has 0 spiro atoms. The summed E-state index contributed by atoms with van der Waals surface area (Å²) in [6.07, 6.45) is 4.14. The Balaban J connectivity index is 1.88. The minimum absolute atomic E-state index is 0.0271. The molecule has 0 saturated carbocycles. The predicted molar refractivity (Wildman–Crippen MR) is 187 cm³/mol. The number of anilines is 1. The van der Waals surface area contributed by atoms with Crippen LogP contribution in [-0.4, -0.2) is 61.2 Å². The van der Waals surface area contributed by atoms with Gasteiger partial charge in [-0.3, -0.25) is 10.1 Å². The fourth-order valence-corrected chi connectivity index (χ4v) is 7.43. The molecule has 1 unspecified atom stereocenters. The Morgan fingerprint density at radius 1 is 1.04 bits per heavy atom. The van der Waals surface area contributed by atoms with E-state index in [9.17, 15) is 15.4 Å². The fraction of sp³-hybridized carbons (Fsp3) is 0.529. The molecule has 0 radical (unpaired) electrons. The van der Waals surface area contributed by atoms with Crippen molar-refractivity contribution < 1.29 is 23.4 Å². The van der Waals surface area contributed by atoms with Gasteiger partial charge >= 0.3 is 0 Å². The zero-order valence-electron chi connectivity index (χ0n) is 29.3. The molecule has 258 valence electrons. The highest BCUT2D eigenvalue weighted by Crippen LogP contribution is 2.52. The molecule has 1 aliphatic heterocycles. The number of unbranched alkanes of at least 4 members (excludes halogenated alkanes) is 1. The number of allylic oxidation sites excluding steroid dienone is 1. The molecule has 0 aromatic heterocycles. The van der Waals surface area contributed by atoms with Crippen molar-refractivity contribution in [2.45, 2.75) is 85.4 Å². The zero-order valence-corrected chi connectivity index (χ0v) is 30.2. The number of methoxy groups -OCH3 is 2. The lowest BCUT2D eigenvalue weighted by Crippen LogP contribution is -2.45. The number of azo groups is 1. The monoisotopic (exact) mass is 679 g/mol. The van der Waals surface area contributed by atoms with Crippen LogP contribution in [0.25, 0.3) is 5.57 Å². The number of ether oxygens (including phenoxy) is 2. The summed E-state index contributed by atoms with van der Waals surface area (Å²) >= 11 is 0. The second-order valence-corrected chi connectivity index (χ2v) is 13.8. The van der Waals surface area contributed by atoms with Gasteiger partial charge in [0.1, 0.15) is 11.8 Å². The number of nitro benzene ring substituents is 1. The van der Waals surface area contributed by atoms with E-state index in [1.807, 2.05) is 19.1 Å². The summed E-state index contributed by atoms with van der Waals surface area (Å²) in [5.74, 6) is 0.893. The summed E-state index contributed by atoms with van der Waals surface area (Å²) in [6.45, 7) is 16.4. The fourth-order valence-electron chi connectivity index (χ4n) is 5.80. The number of hydrogen-bond acceptors (Lipinski definition) is 12. The molecule has 1 heterocycles. The first-order valence-corrected chi connectivity index (χ1v) is 17.0. The summed E-state index contributed by atoms with van der Waals surface area (Å²) < 4.78 is 26.3. The molecule has 0 bridgehead atoms. The van der Waals surface area contributed by atoms with E-state index in [1.165, 1.54) is 18.2 Å². The van der Waals surface area contributed by atoms with E-state index in [2.05, 4.69) is 73.5 Å². The standard InChI is InChI=1S/C34H46N7O6P/c1-23(2)40(24(3)4)48(47-18-12-15-35)46-17-11-10-16-39-29-20-30(44-8)32(33(45-9)31(29)25(5)21-34(39,6)7)38-37-28-14-13-27(41(42)43)19-26(28)22-36/h13-14,19-21,23-24H,10-12,16-18H2,1-9H3/b38-37+. The maximum absolute atomic E-state index is 11.2. The molecule has 48 heavy (non-hydrogen) atoms. The summed E-state index contributed by atoms with van der Waals surface area (Å²) in [4.78, 5) is 12.9. The minimum atomic E-state index is -1.30. The van der Waals surface area contributed by atoms with Crippen molar-refractivity contribution in [3.63, 3.8) is 0 Å². The van der Waals surface area contributed by atoms with Gasteiger partial charge in [0.2, 0.25) is 0 Å². The number of non-ortho nitro benzene ring substituents is 1. The highest BCUT2D eigenvalue weighted by atomic mass is 31.2. The van der Waals surface area contributed by atoms with Crippen molar-refractivity contribution in [3.8, 4) is 23.6 Å². The van der Waals surface area contributed by atoms with Crippen LogP contribution in [0, 0.1) is 32.8 Å². The summed E-state index contributed by atoms with van der Waals surface area (Å²) in [5, 5.41) is 38.5. The van der Waals surface area contributed by atoms with Crippen LogP contribution in [0.2, 0.25) is 0 Å². The number of nitriles is 2. The topological polar surface area (TPSA) is 159 Å². The van der Waals surface area contributed by atoms with Gasteiger partial charge in [0.15, 0.2) is 17.2 Å². The zero-order chi connectivity index (χ0) is 35.6. The quantitative estimate of drug-likeness (QED) is 0.0519. The van der Waals surface area contributed by atoms with E-state index in [0.29, 0.717) is 36.8 Å². The van der Waals surface area contributed by atoms with E-state index in [4.69, 9.17) is 23.8 Å². The highest BCUT2D eigenvalue weighted by molar-refractivity contribution is 7.44. The van der Waals surface area contributed by atoms with E-state index in [1.54, 1.807) is 14.2 Å². The van der Waals surface area contributed by atoms with Crippen LogP contribution in [-0.2, 0) is 9.05 Å². The Hall–Kier alpha value is -4.13. The number of fused-ring (bicyclic) bond motifs is 1. The molecule has 1 atom stereocenters. The Morgan fingerprint density at radius 3 is 2.31 bits per heavy atom. The first-order valence-electron chi connectivity index (χ1n) is 15.9. The van der Waals surface area contributed by atoms with Crippen molar-refractivity contribution in [1.82, 2.24) is 4.67 Å². The van der Waals surface area contributed by atoms with Crippen LogP contribution in [0.15, 0.2) is 40.6 Å². The smallest absolute Gasteiger partial charge is 0.270 e. The lowest BCUT2D eigenvalue weighted by atomic mass is 9.87. The van der Waals surface area contributed by atoms with Gasteiger partial charge in [-0.15, -0.1) is 10.2 Å². The van der Waals surface area contributed by atoms with Crippen molar-refractivity contribution in [1.29, 1.82) is 10.5 Å². The molecule has 0 aliphatic carbocycles. The highest BCUT2D eigenvalue weighted by Gasteiger charge is 2.35. The molecule has 13 nitrogen and oxygen atoms in total. The van der Waals surface area contributed by atoms with Gasteiger partial charge in [-0.25, -0.2) is 4.67 Å². The summed E-state index contributed by atoms with van der Waals surface area (Å²) in [6, 6.07) is 10.3. The number of rotatable bonds is 17. The third kappa shape index (κ3) is 9.06. The van der Waals surface area contributed by atoms with Gasteiger partial charge in [0.05, 0.1) is 61.6 Å². The van der Waals surface area contributed by atoms with E-state index < -0.39 is 13.4 Å². The van der Waals surface area contributed by atoms with Crippen LogP contribution in [0.5, 0.6) is 11.5 Å². The largest absolute Gasteiger partial charge is 0.494 e. The molecule has 1 aliphatic rings. The van der Waals surface area contributed by atoms with Gasteiger partial charge in [-0.1, -0.05) is 6.08 Å². The molecule has 0 saturated heterocycles. The van der Waals surface area contributed by atoms with Crippen molar-refractivity contribution in [2.24, 2.45) is 10.2 Å². The first kappa shape index (κ1) is 38.3. The predicted octanol–water partition coefficient (Wildman–Crippen LogP) is 8.97. The molecular formula is C34H46N7O6P. The van der Waals surface area contributed by atoms with Gasteiger partial charge in [-0.05, 0) is 72.9 Å². The molecule has 3 rings (SSSR count). The van der Waals surface area contributed by atoms with Gasteiger partial charge in [0, 0.05) is 42.4 Å². The minimum Gasteiger partial charge on any atom is -0.494 e. The third-order valence-electron chi connectivity index (χ3n) is 7.78. The lowest BCUT2D eigenvalue weighted by Gasteiger charge is -2.44. The van der Waals surface area contributed by atoms with E-state index in [0.717, 1.165) is 36.2 Å². The maximum atomic E-state index is 11.2. The second kappa shape index (κ2) is 17.3. The first-order chi connectivity index (χ1) is 22.8. The SMILES string of the molecule is COc1cc2c(c(OC)c1/N=N/c1ccc([N+](=O)[O-])cc1C#N)C(C)=CC(C)(C)N2CCCCOP(OCCC#N)N(C(C)C)C(C)C. The van der Waals surface area contributed by atoms with Crippen LogP contribution < -0.4 is 14.4 Å². The molecule has 2 aromatic carbocycles. The van der Waals surface area contributed by atoms with Crippen LogP contribution >= 0.6 is 8.53 Å². The van der Waals surface area contributed by atoms with Gasteiger partial charge < -0.3 is 23.4 Å². The second-order valence-electron chi connectivity index (χ2n) is 12.3. The van der Waals surface area contributed by atoms with Crippen molar-refractivity contribution in [3.05, 3.63) is 51.6 Å². The lowest BCUT2D eigenvalue weighted by molar-refractivity contribution is -0.384.